The summed E-state index contributed by atoms with van der Waals surface area (Å²) in [6.07, 6.45) is 0. The van der Waals surface area contributed by atoms with Crippen LogP contribution >= 0.6 is 11.3 Å². The van der Waals surface area contributed by atoms with E-state index in [9.17, 15) is 4.79 Å². The van der Waals surface area contributed by atoms with E-state index < -0.39 is 0 Å². The first-order valence-electron chi connectivity index (χ1n) is 9.65. The zero-order valence-corrected chi connectivity index (χ0v) is 18.2. The molecule has 3 aromatic rings. The Morgan fingerprint density at radius 3 is 2.39 bits per heavy atom. The summed E-state index contributed by atoms with van der Waals surface area (Å²) in [5.41, 5.74) is 5.28. The number of benzene rings is 1. The number of aromatic nitrogens is 1. The maximum absolute atomic E-state index is 13.3. The van der Waals surface area contributed by atoms with Crippen LogP contribution in [0.25, 0.3) is 0 Å². The number of hydrogen-bond donors (Lipinski definition) is 0. The minimum Gasteiger partial charge on any atom is -0.378 e. The van der Waals surface area contributed by atoms with Crippen LogP contribution in [0.15, 0.2) is 47.8 Å². The number of thiophene rings is 1. The molecule has 0 bridgehead atoms. The third kappa shape index (κ3) is 4.30. The molecule has 1 amide bonds. The molecule has 0 radical (unpaired) electrons. The Labute approximate surface area is 172 Å². The van der Waals surface area contributed by atoms with Crippen molar-refractivity contribution in [2.45, 2.75) is 33.9 Å². The molecule has 0 saturated heterocycles. The van der Waals surface area contributed by atoms with Gasteiger partial charge in [0.2, 0.25) is 0 Å². The largest absolute Gasteiger partial charge is 0.378 e. The van der Waals surface area contributed by atoms with Crippen LogP contribution in [0.2, 0.25) is 0 Å². The van der Waals surface area contributed by atoms with Crippen LogP contribution in [-0.2, 0) is 13.1 Å². The lowest BCUT2D eigenvalue weighted by molar-refractivity contribution is 0.0751. The fraction of sp³-hybridized carbons (Fsp3) is 0.348. The van der Waals surface area contributed by atoms with Gasteiger partial charge in [0.25, 0.3) is 5.91 Å². The number of nitrogens with zero attached hydrogens (tertiary/aromatic N) is 3. The predicted octanol–water partition coefficient (Wildman–Crippen LogP) is 4.94. The van der Waals surface area contributed by atoms with Crippen molar-refractivity contribution in [1.29, 1.82) is 0 Å². The number of carbonyl (C=O) groups excluding carboxylic acids is 1. The highest BCUT2D eigenvalue weighted by atomic mass is 32.1. The van der Waals surface area contributed by atoms with E-state index in [0.717, 1.165) is 34.7 Å². The Hall–Kier alpha value is -2.53. The van der Waals surface area contributed by atoms with Gasteiger partial charge in [-0.15, -0.1) is 11.3 Å². The van der Waals surface area contributed by atoms with Gasteiger partial charge in [0, 0.05) is 49.1 Å². The van der Waals surface area contributed by atoms with Gasteiger partial charge in [-0.1, -0.05) is 18.2 Å². The van der Waals surface area contributed by atoms with Crippen molar-refractivity contribution in [3.05, 3.63) is 75.2 Å². The van der Waals surface area contributed by atoms with Crippen molar-refractivity contribution in [1.82, 2.24) is 9.47 Å². The molecule has 28 heavy (non-hydrogen) atoms. The molecule has 0 aliphatic rings. The standard InChI is InChI=1S/C23H29N3OS/c1-6-25(15-19-9-11-20(12-10-19)24(4)5)23(27)22-14-17(2)26(18(22)3)16-21-8-7-13-28-21/h7-14H,6,15-16H2,1-5H3. The van der Waals surface area contributed by atoms with Gasteiger partial charge >= 0.3 is 0 Å². The zero-order valence-electron chi connectivity index (χ0n) is 17.4. The molecule has 2 heterocycles. The number of aryl methyl sites for hydroxylation is 1. The SMILES string of the molecule is CCN(Cc1ccc(N(C)C)cc1)C(=O)c1cc(C)n(Cc2cccs2)c1C. The van der Waals surface area contributed by atoms with E-state index in [-0.39, 0.29) is 5.91 Å². The molecule has 0 aliphatic carbocycles. The molecule has 148 valence electrons. The van der Waals surface area contributed by atoms with Gasteiger partial charge in [-0.3, -0.25) is 4.79 Å². The molecule has 1 aromatic carbocycles. The molecule has 0 spiro atoms. The summed E-state index contributed by atoms with van der Waals surface area (Å²) in [4.78, 5) is 18.5. The Kier molecular flexibility index (Phi) is 6.25. The van der Waals surface area contributed by atoms with Crippen molar-refractivity contribution in [2.75, 3.05) is 25.5 Å². The molecule has 0 unspecified atom stereocenters. The van der Waals surface area contributed by atoms with Crippen molar-refractivity contribution >= 4 is 22.9 Å². The highest BCUT2D eigenvalue weighted by molar-refractivity contribution is 7.09. The third-order valence-corrected chi connectivity index (χ3v) is 6.05. The molecule has 5 heteroatoms. The topological polar surface area (TPSA) is 28.5 Å². The van der Waals surface area contributed by atoms with E-state index in [4.69, 9.17) is 0 Å². The van der Waals surface area contributed by atoms with Gasteiger partial charge in [-0.25, -0.2) is 0 Å². The van der Waals surface area contributed by atoms with E-state index in [1.165, 1.54) is 4.88 Å². The average molecular weight is 396 g/mol. The smallest absolute Gasteiger partial charge is 0.255 e. The van der Waals surface area contributed by atoms with Crippen LogP contribution in [0.5, 0.6) is 0 Å². The second-order valence-corrected chi connectivity index (χ2v) is 8.36. The first kappa shape index (κ1) is 20.2. The molecule has 2 aromatic heterocycles. The summed E-state index contributed by atoms with van der Waals surface area (Å²) in [5.74, 6) is 0.102. The Bertz CT molecular complexity index is 924. The molecule has 0 N–H and O–H groups in total. The van der Waals surface area contributed by atoms with Crippen LogP contribution in [0.4, 0.5) is 5.69 Å². The lowest BCUT2D eigenvalue weighted by atomic mass is 10.1. The number of rotatable bonds is 7. The summed E-state index contributed by atoms with van der Waals surface area (Å²) in [6.45, 7) is 8.29. The minimum atomic E-state index is 0.102. The Morgan fingerprint density at radius 2 is 1.82 bits per heavy atom. The summed E-state index contributed by atoms with van der Waals surface area (Å²) >= 11 is 1.75. The lowest BCUT2D eigenvalue weighted by Crippen LogP contribution is -2.30. The van der Waals surface area contributed by atoms with Crippen LogP contribution < -0.4 is 4.90 Å². The number of anilines is 1. The third-order valence-electron chi connectivity index (χ3n) is 5.19. The molecule has 0 aliphatic heterocycles. The van der Waals surface area contributed by atoms with Crippen LogP contribution in [0.1, 0.15) is 39.1 Å². The summed E-state index contributed by atoms with van der Waals surface area (Å²) in [7, 11) is 4.06. The van der Waals surface area contributed by atoms with Crippen molar-refractivity contribution in [3.63, 3.8) is 0 Å². The van der Waals surface area contributed by atoms with Gasteiger partial charge in [0.15, 0.2) is 0 Å². The van der Waals surface area contributed by atoms with Gasteiger partial charge in [-0.05, 0) is 56.0 Å². The first-order chi connectivity index (χ1) is 13.4. The quantitative estimate of drug-likeness (QED) is 0.567. The van der Waals surface area contributed by atoms with E-state index in [2.05, 4.69) is 58.2 Å². The normalized spacial score (nSPS) is 10.9. The predicted molar refractivity (Wildman–Crippen MR) is 119 cm³/mol. The molecule has 0 saturated carbocycles. The van der Waals surface area contributed by atoms with E-state index in [1.54, 1.807) is 11.3 Å². The second kappa shape index (κ2) is 8.65. The Morgan fingerprint density at radius 1 is 1.11 bits per heavy atom. The molecule has 0 atom stereocenters. The van der Waals surface area contributed by atoms with E-state index >= 15 is 0 Å². The lowest BCUT2D eigenvalue weighted by Gasteiger charge is -2.22. The van der Waals surface area contributed by atoms with Crippen molar-refractivity contribution in [3.8, 4) is 0 Å². The zero-order chi connectivity index (χ0) is 20.3. The maximum atomic E-state index is 13.3. The van der Waals surface area contributed by atoms with Crippen molar-refractivity contribution in [2.24, 2.45) is 0 Å². The fourth-order valence-corrected chi connectivity index (χ4v) is 4.13. The van der Waals surface area contributed by atoms with Gasteiger partial charge < -0.3 is 14.4 Å². The monoisotopic (exact) mass is 395 g/mol. The minimum absolute atomic E-state index is 0.102. The number of carbonyl (C=O) groups is 1. The molecular formula is C23H29N3OS. The van der Waals surface area contributed by atoms with Gasteiger partial charge in [0.05, 0.1) is 12.1 Å². The average Bonchev–Trinajstić information content (AvgIpc) is 3.29. The summed E-state index contributed by atoms with van der Waals surface area (Å²) in [5, 5.41) is 2.09. The van der Waals surface area contributed by atoms with Gasteiger partial charge in [0.1, 0.15) is 0 Å². The van der Waals surface area contributed by atoms with E-state index in [0.29, 0.717) is 13.1 Å². The van der Waals surface area contributed by atoms with Crippen LogP contribution in [0.3, 0.4) is 0 Å². The molecule has 4 nitrogen and oxygen atoms in total. The number of hydrogen-bond acceptors (Lipinski definition) is 3. The number of amides is 1. The van der Waals surface area contributed by atoms with Gasteiger partial charge in [-0.2, -0.15) is 0 Å². The highest BCUT2D eigenvalue weighted by Crippen LogP contribution is 2.22. The first-order valence-corrected chi connectivity index (χ1v) is 10.5. The molecule has 3 rings (SSSR count). The fourth-order valence-electron chi connectivity index (χ4n) is 3.44. The maximum Gasteiger partial charge on any atom is 0.255 e. The highest BCUT2D eigenvalue weighted by Gasteiger charge is 2.21. The van der Waals surface area contributed by atoms with Crippen LogP contribution in [-0.4, -0.2) is 36.0 Å². The Balaban J connectivity index is 1.79. The van der Waals surface area contributed by atoms with Crippen molar-refractivity contribution < 1.29 is 4.79 Å². The summed E-state index contributed by atoms with van der Waals surface area (Å²) < 4.78 is 2.23. The van der Waals surface area contributed by atoms with Crippen LogP contribution in [0, 0.1) is 13.8 Å². The molecule has 0 fully saturated rings. The van der Waals surface area contributed by atoms with E-state index in [1.807, 2.05) is 38.9 Å². The summed E-state index contributed by atoms with van der Waals surface area (Å²) in [6, 6.07) is 14.6. The molecular weight excluding hydrogens is 366 g/mol. The second-order valence-electron chi connectivity index (χ2n) is 7.33.